The van der Waals surface area contributed by atoms with Crippen molar-refractivity contribution in [2.75, 3.05) is 11.9 Å². The van der Waals surface area contributed by atoms with Crippen molar-refractivity contribution >= 4 is 11.6 Å². The smallest absolute Gasteiger partial charge is 0.259 e. The Hall–Kier alpha value is -2.33. The maximum atomic E-state index is 12.2. The molecule has 1 amide bonds. The van der Waals surface area contributed by atoms with Crippen molar-refractivity contribution in [3.63, 3.8) is 0 Å². The second-order valence-electron chi connectivity index (χ2n) is 4.88. The monoisotopic (exact) mass is 284 g/mol. The third-order valence-electron chi connectivity index (χ3n) is 3.30. The van der Waals surface area contributed by atoms with E-state index in [0.29, 0.717) is 5.69 Å². The SMILES string of the molecule is CCNC(C)c1cccc(NC(=O)c2ccccc2O)c1. The van der Waals surface area contributed by atoms with E-state index in [1.54, 1.807) is 18.2 Å². The van der Waals surface area contributed by atoms with Crippen molar-refractivity contribution in [3.05, 3.63) is 59.7 Å². The van der Waals surface area contributed by atoms with E-state index in [2.05, 4.69) is 24.5 Å². The van der Waals surface area contributed by atoms with E-state index in [9.17, 15) is 9.90 Å². The normalized spacial score (nSPS) is 11.9. The topological polar surface area (TPSA) is 61.4 Å². The highest BCUT2D eigenvalue weighted by molar-refractivity contribution is 6.06. The Labute approximate surface area is 124 Å². The molecule has 0 radical (unpaired) electrons. The highest BCUT2D eigenvalue weighted by Gasteiger charge is 2.11. The number of rotatable bonds is 5. The standard InChI is InChI=1S/C17H20N2O2/c1-3-18-12(2)13-7-6-8-14(11-13)19-17(21)15-9-4-5-10-16(15)20/h4-12,18,20H,3H2,1-2H3,(H,19,21). The maximum absolute atomic E-state index is 12.2. The van der Waals surface area contributed by atoms with Crippen LogP contribution in [0.25, 0.3) is 0 Å². The van der Waals surface area contributed by atoms with Gasteiger partial charge in [0.1, 0.15) is 5.75 Å². The summed E-state index contributed by atoms with van der Waals surface area (Å²) in [5.74, 6) is -0.339. The number of hydrogen-bond acceptors (Lipinski definition) is 3. The zero-order chi connectivity index (χ0) is 15.2. The number of para-hydroxylation sites is 1. The van der Waals surface area contributed by atoms with Gasteiger partial charge in [-0.15, -0.1) is 0 Å². The molecular weight excluding hydrogens is 264 g/mol. The Morgan fingerprint density at radius 3 is 2.67 bits per heavy atom. The first-order valence-electron chi connectivity index (χ1n) is 7.04. The molecule has 110 valence electrons. The molecule has 1 atom stereocenters. The molecule has 0 spiro atoms. The van der Waals surface area contributed by atoms with Crippen LogP contribution in [0, 0.1) is 0 Å². The maximum Gasteiger partial charge on any atom is 0.259 e. The lowest BCUT2D eigenvalue weighted by Crippen LogP contribution is -2.18. The van der Waals surface area contributed by atoms with Crippen LogP contribution in [-0.4, -0.2) is 17.6 Å². The summed E-state index contributed by atoms with van der Waals surface area (Å²) in [6.45, 7) is 5.02. The molecule has 2 aromatic carbocycles. The number of phenols is 1. The summed E-state index contributed by atoms with van der Waals surface area (Å²) >= 11 is 0. The molecule has 4 heteroatoms. The molecule has 4 nitrogen and oxygen atoms in total. The lowest BCUT2D eigenvalue weighted by atomic mass is 10.1. The molecule has 0 fully saturated rings. The van der Waals surface area contributed by atoms with Gasteiger partial charge in [0.15, 0.2) is 0 Å². The number of aromatic hydroxyl groups is 1. The molecule has 0 bridgehead atoms. The lowest BCUT2D eigenvalue weighted by Gasteiger charge is -2.14. The molecule has 0 saturated carbocycles. The molecule has 0 aromatic heterocycles. The number of carbonyl (C=O) groups is 1. The van der Waals surface area contributed by atoms with E-state index < -0.39 is 0 Å². The van der Waals surface area contributed by atoms with Crippen LogP contribution in [0.1, 0.15) is 35.8 Å². The van der Waals surface area contributed by atoms with Crippen LogP contribution in [0.5, 0.6) is 5.75 Å². The van der Waals surface area contributed by atoms with Gasteiger partial charge in [-0.3, -0.25) is 4.79 Å². The van der Waals surface area contributed by atoms with Crippen molar-refractivity contribution < 1.29 is 9.90 Å². The first-order chi connectivity index (χ1) is 10.1. The molecule has 0 heterocycles. The van der Waals surface area contributed by atoms with Crippen LogP contribution < -0.4 is 10.6 Å². The number of phenolic OH excluding ortho intramolecular Hbond substituents is 1. The third kappa shape index (κ3) is 3.83. The minimum absolute atomic E-state index is 0.0211. The van der Waals surface area contributed by atoms with Gasteiger partial charge in [-0.25, -0.2) is 0 Å². The summed E-state index contributed by atoms with van der Waals surface area (Å²) in [6.07, 6.45) is 0. The highest BCUT2D eigenvalue weighted by atomic mass is 16.3. The predicted octanol–water partition coefficient (Wildman–Crippen LogP) is 3.32. The van der Waals surface area contributed by atoms with Gasteiger partial charge in [-0.1, -0.05) is 31.2 Å². The molecule has 2 rings (SSSR count). The Balaban J connectivity index is 2.15. The van der Waals surface area contributed by atoms with E-state index in [4.69, 9.17) is 0 Å². The second-order valence-corrected chi connectivity index (χ2v) is 4.88. The first kappa shape index (κ1) is 15.1. The summed E-state index contributed by atoms with van der Waals surface area (Å²) in [5.41, 5.74) is 2.08. The Bertz CT molecular complexity index is 626. The van der Waals surface area contributed by atoms with Gasteiger partial charge in [0.2, 0.25) is 0 Å². The lowest BCUT2D eigenvalue weighted by molar-refractivity contribution is 0.102. The number of hydrogen-bond donors (Lipinski definition) is 3. The van der Waals surface area contributed by atoms with Crippen molar-refractivity contribution in [1.82, 2.24) is 5.32 Å². The van der Waals surface area contributed by atoms with Crippen molar-refractivity contribution in [2.24, 2.45) is 0 Å². The predicted molar refractivity (Wildman–Crippen MR) is 84.6 cm³/mol. The van der Waals surface area contributed by atoms with Gasteiger partial charge in [-0.05, 0) is 43.3 Å². The van der Waals surface area contributed by atoms with Gasteiger partial charge in [0.25, 0.3) is 5.91 Å². The molecule has 0 aliphatic carbocycles. The first-order valence-corrected chi connectivity index (χ1v) is 7.04. The Kier molecular flexibility index (Phi) is 4.95. The average Bonchev–Trinajstić information content (AvgIpc) is 2.48. The summed E-state index contributed by atoms with van der Waals surface area (Å²) in [5, 5.41) is 15.8. The second kappa shape index (κ2) is 6.90. The average molecular weight is 284 g/mol. The molecule has 0 saturated heterocycles. The van der Waals surface area contributed by atoms with Crippen molar-refractivity contribution in [3.8, 4) is 5.75 Å². The Morgan fingerprint density at radius 2 is 1.95 bits per heavy atom. The van der Waals surface area contributed by atoms with Crippen LogP contribution in [0.4, 0.5) is 5.69 Å². The fraction of sp³-hybridized carbons (Fsp3) is 0.235. The van der Waals surface area contributed by atoms with E-state index in [1.807, 2.05) is 24.3 Å². The molecule has 1 unspecified atom stereocenters. The minimum atomic E-state index is -0.318. The van der Waals surface area contributed by atoms with Crippen molar-refractivity contribution in [1.29, 1.82) is 0 Å². The molecule has 21 heavy (non-hydrogen) atoms. The number of carbonyl (C=O) groups excluding carboxylic acids is 1. The van der Waals surface area contributed by atoms with E-state index in [-0.39, 0.29) is 23.3 Å². The van der Waals surface area contributed by atoms with Crippen LogP contribution in [0.3, 0.4) is 0 Å². The van der Waals surface area contributed by atoms with Crippen molar-refractivity contribution in [2.45, 2.75) is 19.9 Å². The van der Waals surface area contributed by atoms with Crippen LogP contribution in [-0.2, 0) is 0 Å². The van der Waals surface area contributed by atoms with Crippen LogP contribution in [0.15, 0.2) is 48.5 Å². The third-order valence-corrected chi connectivity index (χ3v) is 3.30. The van der Waals surface area contributed by atoms with E-state index in [1.165, 1.54) is 6.07 Å². The largest absolute Gasteiger partial charge is 0.507 e. The fourth-order valence-corrected chi connectivity index (χ4v) is 2.17. The number of nitrogens with one attached hydrogen (secondary N) is 2. The molecule has 0 aliphatic rings. The number of benzene rings is 2. The summed E-state index contributed by atoms with van der Waals surface area (Å²) in [6, 6.07) is 14.4. The van der Waals surface area contributed by atoms with E-state index >= 15 is 0 Å². The summed E-state index contributed by atoms with van der Waals surface area (Å²) in [7, 11) is 0. The fourth-order valence-electron chi connectivity index (χ4n) is 2.17. The van der Waals surface area contributed by atoms with Gasteiger partial charge < -0.3 is 15.7 Å². The number of anilines is 1. The number of amides is 1. The van der Waals surface area contributed by atoms with Gasteiger partial charge in [0, 0.05) is 11.7 Å². The summed E-state index contributed by atoms with van der Waals surface area (Å²) < 4.78 is 0. The molecule has 3 N–H and O–H groups in total. The van der Waals surface area contributed by atoms with Crippen LogP contribution in [0.2, 0.25) is 0 Å². The van der Waals surface area contributed by atoms with Gasteiger partial charge in [0.05, 0.1) is 5.56 Å². The zero-order valence-electron chi connectivity index (χ0n) is 12.3. The molecule has 0 aliphatic heterocycles. The van der Waals surface area contributed by atoms with E-state index in [0.717, 1.165) is 12.1 Å². The van der Waals surface area contributed by atoms with Gasteiger partial charge >= 0.3 is 0 Å². The van der Waals surface area contributed by atoms with Gasteiger partial charge in [-0.2, -0.15) is 0 Å². The highest BCUT2D eigenvalue weighted by Crippen LogP contribution is 2.20. The quantitative estimate of drug-likeness (QED) is 0.789. The Morgan fingerprint density at radius 1 is 1.19 bits per heavy atom. The molecule has 2 aromatic rings. The summed E-state index contributed by atoms with van der Waals surface area (Å²) in [4.78, 5) is 12.2. The zero-order valence-corrected chi connectivity index (χ0v) is 12.3. The minimum Gasteiger partial charge on any atom is -0.507 e. The molecular formula is C17H20N2O2. The van der Waals surface area contributed by atoms with Crippen LogP contribution >= 0.6 is 0 Å².